The second kappa shape index (κ2) is 9.85. The average molecular weight is 554 g/mol. The van der Waals surface area contributed by atoms with E-state index >= 15 is 0 Å². The number of nitrogens with zero attached hydrogens (tertiary/aromatic N) is 2. The van der Waals surface area contributed by atoms with E-state index in [0.29, 0.717) is 0 Å². The molecular weight excluding hydrogens is 535 g/mol. The first-order valence-electron chi connectivity index (χ1n) is 8.51. The standard InChI is InChI=1S/C13H19ClN3O13P3/c1-3-4-13(14)10(18)8(28-11(13)17-7(2)5-9(15)16-12(17)19)6-27-32(23,24)30-33(25,26)29-31(20,21)22/h5,8,10-11,18H,6H2,1-2H3,(H,23,24)(H,25,26)(H2,15,16,19)(H2,20,21,22)/t8-,10+,11-,13?/m1/s1. The highest BCUT2D eigenvalue weighted by molar-refractivity contribution is 7.66. The number of hydrogen-bond acceptors (Lipinski definition) is 11. The zero-order valence-electron chi connectivity index (χ0n) is 16.7. The highest BCUT2D eigenvalue weighted by atomic mass is 35.5. The van der Waals surface area contributed by atoms with Crippen LogP contribution in [0.5, 0.6) is 0 Å². The van der Waals surface area contributed by atoms with Crippen molar-refractivity contribution in [2.75, 3.05) is 12.3 Å². The van der Waals surface area contributed by atoms with E-state index in [1.54, 1.807) is 0 Å². The van der Waals surface area contributed by atoms with Crippen molar-refractivity contribution in [1.29, 1.82) is 0 Å². The average Bonchev–Trinajstić information content (AvgIpc) is 2.81. The second-order valence-corrected chi connectivity index (χ2v) is 11.5. The lowest BCUT2D eigenvalue weighted by Crippen LogP contribution is -2.44. The minimum atomic E-state index is -5.74. The molecule has 1 saturated heterocycles. The number of nitrogens with two attached hydrogens (primary N) is 1. The number of ether oxygens (including phenoxy) is 1. The number of hydrogen-bond donors (Lipinski definition) is 6. The highest BCUT2D eigenvalue weighted by Gasteiger charge is 2.57. The molecule has 0 spiro atoms. The number of phosphoric ester groups is 1. The summed E-state index contributed by atoms with van der Waals surface area (Å²) in [6, 6.07) is 1.31. The Balaban J connectivity index is 2.28. The van der Waals surface area contributed by atoms with Crippen LogP contribution in [0.4, 0.5) is 5.82 Å². The predicted octanol–water partition coefficient (Wildman–Crippen LogP) is -0.264. The topological polar surface area (TPSA) is 250 Å². The van der Waals surface area contributed by atoms with Gasteiger partial charge in [0.1, 0.15) is 18.0 Å². The Labute approximate surface area is 190 Å². The van der Waals surface area contributed by atoms with E-state index < -0.39 is 59.1 Å². The molecule has 186 valence electrons. The number of phosphoric acid groups is 3. The molecule has 1 aliphatic rings. The smallest absolute Gasteiger partial charge is 0.387 e. The van der Waals surface area contributed by atoms with Gasteiger partial charge in [-0.2, -0.15) is 13.6 Å². The summed E-state index contributed by atoms with van der Waals surface area (Å²) in [7, 11) is -16.8. The van der Waals surface area contributed by atoms with Gasteiger partial charge in [0.05, 0.1) is 6.61 Å². The van der Waals surface area contributed by atoms with E-state index in [9.17, 15) is 33.4 Å². The van der Waals surface area contributed by atoms with Crippen LogP contribution < -0.4 is 11.4 Å². The van der Waals surface area contributed by atoms with Crippen molar-refractivity contribution in [2.45, 2.75) is 37.2 Å². The zero-order valence-corrected chi connectivity index (χ0v) is 20.1. The number of anilines is 1. The number of aromatic nitrogens is 2. The molecule has 0 amide bonds. The molecule has 1 aromatic rings. The first-order valence-corrected chi connectivity index (χ1v) is 13.4. The SMILES string of the molecule is CC#CC1(Cl)[C@@H](O)[C@@H](COP(=O)(O)OP(=O)(O)OP(=O)(O)O)O[C@H]1n1c(C)cc(N)nc1=O. The maximum atomic E-state index is 12.4. The lowest BCUT2D eigenvalue weighted by molar-refractivity contribution is -0.0461. The summed E-state index contributed by atoms with van der Waals surface area (Å²) in [6.45, 7) is 1.83. The fourth-order valence-corrected chi connectivity index (χ4v) is 6.26. The van der Waals surface area contributed by atoms with Crippen LogP contribution in [0, 0.1) is 18.8 Å². The van der Waals surface area contributed by atoms with Crippen molar-refractivity contribution in [3.63, 3.8) is 0 Å². The second-order valence-electron chi connectivity index (χ2n) is 6.48. The molecule has 1 aromatic heterocycles. The van der Waals surface area contributed by atoms with E-state index in [4.69, 9.17) is 31.9 Å². The molecule has 2 rings (SSSR count). The molecule has 16 nitrogen and oxygen atoms in total. The maximum absolute atomic E-state index is 12.4. The van der Waals surface area contributed by atoms with Crippen LogP contribution >= 0.6 is 35.1 Å². The first kappa shape index (κ1) is 28.1. The molecule has 1 aliphatic heterocycles. The molecule has 0 aliphatic carbocycles. The van der Waals surface area contributed by atoms with Gasteiger partial charge in [0.2, 0.25) is 0 Å². The Morgan fingerprint density at radius 1 is 1.27 bits per heavy atom. The number of aryl methyl sites for hydroxylation is 1. The fourth-order valence-electron chi connectivity index (χ4n) is 2.85. The quantitative estimate of drug-likeness (QED) is 0.138. The molecule has 6 atom stereocenters. The summed E-state index contributed by atoms with van der Waals surface area (Å²) in [4.78, 5) is 49.8. The van der Waals surface area contributed by atoms with Crippen molar-refractivity contribution in [3.8, 4) is 11.8 Å². The molecule has 7 N–H and O–H groups in total. The molecule has 3 unspecified atom stereocenters. The van der Waals surface area contributed by atoms with Gasteiger partial charge in [0.25, 0.3) is 0 Å². The van der Waals surface area contributed by atoms with Gasteiger partial charge in [-0.25, -0.2) is 18.5 Å². The number of aliphatic hydroxyl groups excluding tert-OH is 1. The molecule has 0 bridgehead atoms. The monoisotopic (exact) mass is 553 g/mol. The molecule has 2 heterocycles. The minimum absolute atomic E-state index is 0.0988. The van der Waals surface area contributed by atoms with Crippen molar-refractivity contribution in [3.05, 3.63) is 22.2 Å². The van der Waals surface area contributed by atoms with Crippen LogP contribution in [0.25, 0.3) is 0 Å². The van der Waals surface area contributed by atoms with Crippen molar-refractivity contribution in [1.82, 2.24) is 9.55 Å². The van der Waals surface area contributed by atoms with Crippen molar-refractivity contribution >= 4 is 40.9 Å². The van der Waals surface area contributed by atoms with Gasteiger partial charge in [0, 0.05) is 5.69 Å². The summed E-state index contributed by atoms with van der Waals surface area (Å²) >= 11 is 6.45. The summed E-state index contributed by atoms with van der Waals surface area (Å²) in [5.74, 6) is 4.86. The molecule has 0 saturated carbocycles. The van der Waals surface area contributed by atoms with Crippen molar-refractivity contribution in [2.24, 2.45) is 0 Å². The lowest BCUT2D eigenvalue weighted by Gasteiger charge is -2.27. The van der Waals surface area contributed by atoms with E-state index in [2.05, 4.69) is 30.0 Å². The zero-order chi connectivity index (χ0) is 25.4. The van der Waals surface area contributed by atoms with Gasteiger partial charge in [-0.15, -0.1) is 5.92 Å². The van der Waals surface area contributed by atoms with E-state index in [1.807, 2.05) is 0 Å². The molecule has 33 heavy (non-hydrogen) atoms. The van der Waals surface area contributed by atoms with Gasteiger partial charge < -0.3 is 35.2 Å². The summed E-state index contributed by atoms with van der Waals surface area (Å²) in [5.41, 5.74) is 4.84. The van der Waals surface area contributed by atoms with Crippen LogP contribution in [0.3, 0.4) is 0 Å². The number of alkyl halides is 1. The first-order chi connectivity index (χ1) is 14.9. The van der Waals surface area contributed by atoms with E-state index in [1.165, 1.54) is 19.9 Å². The third-order valence-corrected chi connectivity index (χ3v) is 8.29. The number of halogens is 1. The van der Waals surface area contributed by atoms with Crippen LogP contribution in [0.15, 0.2) is 10.9 Å². The van der Waals surface area contributed by atoms with Gasteiger partial charge >= 0.3 is 29.2 Å². The molecule has 0 aromatic carbocycles. The maximum Gasteiger partial charge on any atom is 0.490 e. The fraction of sp³-hybridized carbons (Fsp3) is 0.538. The van der Waals surface area contributed by atoms with Crippen LogP contribution in [-0.4, -0.2) is 57.9 Å². The normalized spacial score (nSPS) is 29.0. The van der Waals surface area contributed by atoms with Gasteiger partial charge in [0.15, 0.2) is 11.1 Å². The Kier molecular flexibility index (Phi) is 8.39. The van der Waals surface area contributed by atoms with Gasteiger partial charge in [-0.05, 0) is 19.9 Å². The minimum Gasteiger partial charge on any atom is -0.387 e. The summed E-state index contributed by atoms with van der Waals surface area (Å²) in [5, 5.41) is 10.6. The largest absolute Gasteiger partial charge is 0.490 e. The Morgan fingerprint density at radius 2 is 1.88 bits per heavy atom. The lowest BCUT2D eigenvalue weighted by atomic mass is 9.99. The third-order valence-electron chi connectivity index (χ3n) is 3.98. The number of aliphatic hydroxyl groups is 1. The highest BCUT2D eigenvalue weighted by Crippen LogP contribution is 2.66. The Hall–Kier alpha value is -1.14. The van der Waals surface area contributed by atoms with E-state index in [0.717, 1.165) is 4.57 Å². The molecular formula is C13H19ClN3O13P3. The van der Waals surface area contributed by atoms with Gasteiger partial charge in [-0.3, -0.25) is 9.09 Å². The van der Waals surface area contributed by atoms with Crippen LogP contribution in [0.2, 0.25) is 0 Å². The Bertz CT molecular complexity index is 1180. The number of nitrogen functional groups attached to an aromatic ring is 1. The molecule has 20 heteroatoms. The summed E-state index contributed by atoms with van der Waals surface area (Å²) < 4.78 is 52.2. The van der Waals surface area contributed by atoms with Crippen LogP contribution in [0.1, 0.15) is 18.8 Å². The predicted molar refractivity (Wildman–Crippen MR) is 109 cm³/mol. The van der Waals surface area contributed by atoms with Crippen LogP contribution in [-0.2, 0) is 31.6 Å². The summed E-state index contributed by atoms with van der Waals surface area (Å²) in [6.07, 6.45) is -4.80. The molecule has 0 radical (unpaired) electrons. The molecule has 1 fully saturated rings. The van der Waals surface area contributed by atoms with Gasteiger partial charge in [-0.1, -0.05) is 17.5 Å². The Morgan fingerprint density at radius 3 is 2.39 bits per heavy atom. The van der Waals surface area contributed by atoms with E-state index in [-0.39, 0.29) is 11.5 Å². The third kappa shape index (κ3) is 6.94. The van der Waals surface area contributed by atoms with Crippen molar-refractivity contribution < 1.29 is 56.3 Å². The number of rotatable bonds is 8.